The number of anilines is 2. The molecule has 7 heteroatoms. The van der Waals surface area contributed by atoms with E-state index in [1.54, 1.807) is 12.1 Å². The normalized spacial score (nSPS) is 21.6. The zero-order valence-electron chi connectivity index (χ0n) is 17.8. The fourth-order valence-corrected chi connectivity index (χ4v) is 5.18. The van der Waals surface area contributed by atoms with Crippen LogP contribution in [-0.2, 0) is 4.79 Å². The smallest absolute Gasteiger partial charge is 0.176 e. The number of allylic oxidation sites excluding steroid dienone is 1. The summed E-state index contributed by atoms with van der Waals surface area (Å²) in [6, 6.07) is 18.4. The molecule has 1 aliphatic heterocycles. The monoisotopic (exact) mass is 480 g/mol. The SMILES string of the molecule is COc1cc(C2Nc3ccccc3NC3=CC(c4ccccc4Cl)CC(=O)C32)cc(Cl)c1O. The number of ether oxygens (including phenoxy) is 1. The van der Waals surface area contributed by atoms with Gasteiger partial charge in [-0.2, -0.15) is 0 Å². The number of hydrogen-bond donors (Lipinski definition) is 3. The number of ketones is 1. The number of phenols is 1. The molecular formula is C26H22Cl2N2O3. The minimum atomic E-state index is -0.485. The summed E-state index contributed by atoms with van der Waals surface area (Å²) in [5.74, 6) is -0.402. The summed E-state index contributed by atoms with van der Waals surface area (Å²) in [6.45, 7) is 0. The lowest BCUT2D eigenvalue weighted by molar-refractivity contribution is -0.122. The number of fused-ring (bicyclic) bond motifs is 2. The first-order valence-electron chi connectivity index (χ1n) is 10.6. The highest BCUT2D eigenvalue weighted by molar-refractivity contribution is 6.32. The van der Waals surface area contributed by atoms with Crippen molar-refractivity contribution in [3.8, 4) is 11.5 Å². The van der Waals surface area contributed by atoms with Gasteiger partial charge in [0.1, 0.15) is 5.78 Å². The van der Waals surface area contributed by atoms with E-state index in [-0.39, 0.29) is 28.2 Å². The van der Waals surface area contributed by atoms with Gasteiger partial charge in [0.15, 0.2) is 11.5 Å². The topological polar surface area (TPSA) is 70.6 Å². The quantitative estimate of drug-likeness (QED) is 0.396. The number of Topliss-reactive ketones (excluding diaryl/α,β-unsaturated/α-hetero) is 1. The van der Waals surface area contributed by atoms with Gasteiger partial charge in [-0.3, -0.25) is 4.79 Å². The Bertz CT molecular complexity index is 1270. The van der Waals surface area contributed by atoms with Crippen molar-refractivity contribution in [3.63, 3.8) is 0 Å². The third kappa shape index (κ3) is 3.92. The van der Waals surface area contributed by atoms with E-state index in [1.165, 1.54) is 7.11 Å². The predicted molar refractivity (Wildman–Crippen MR) is 131 cm³/mol. The first kappa shape index (κ1) is 21.7. The Hall–Kier alpha value is -3.15. The molecule has 0 amide bonds. The molecular weight excluding hydrogens is 459 g/mol. The number of carbonyl (C=O) groups is 1. The molecule has 0 radical (unpaired) electrons. The van der Waals surface area contributed by atoms with Gasteiger partial charge >= 0.3 is 0 Å². The molecule has 168 valence electrons. The van der Waals surface area contributed by atoms with Crippen LogP contribution in [0.25, 0.3) is 0 Å². The third-order valence-corrected chi connectivity index (χ3v) is 6.90. The van der Waals surface area contributed by atoms with Crippen LogP contribution in [0.4, 0.5) is 11.4 Å². The molecule has 0 spiro atoms. The first-order chi connectivity index (χ1) is 16.0. The van der Waals surface area contributed by atoms with Crippen molar-refractivity contribution in [2.45, 2.75) is 18.4 Å². The molecule has 3 N–H and O–H groups in total. The number of methoxy groups -OCH3 is 1. The average molecular weight is 481 g/mol. The summed E-state index contributed by atoms with van der Waals surface area (Å²) in [5.41, 5.74) is 4.22. The Balaban J connectivity index is 1.66. The van der Waals surface area contributed by atoms with E-state index in [0.29, 0.717) is 11.4 Å². The van der Waals surface area contributed by atoms with Crippen molar-refractivity contribution in [2.24, 2.45) is 5.92 Å². The largest absolute Gasteiger partial charge is 0.503 e. The maximum absolute atomic E-state index is 13.6. The Labute approximate surface area is 202 Å². The van der Waals surface area contributed by atoms with Crippen LogP contribution in [0, 0.1) is 5.92 Å². The number of benzene rings is 3. The van der Waals surface area contributed by atoms with E-state index < -0.39 is 12.0 Å². The van der Waals surface area contributed by atoms with Crippen molar-refractivity contribution in [2.75, 3.05) is 17.7 Å². The number of halogens is 2. The van der Waals surface area contributed by atoms with Crippen LogP contribution in [0.1, 0.15) is 29.5 Å². The van der Waals surface area contributed by atoms with Crippen LogP contribution < -0.4 is 15.4 Å². The summed E-state index contributed by atoms with van der Waals surface area (Å²) < 4.78 is 5.32. The fraction of sp³-hybridized carbons (Fsp3) is 0.192. The summed E-state index contributed by atoms with van der Waals surface area (Å²) in [4.78, 5) is 13.6. The van der Waals surface area contributed by atoms with Crippen molar-refractivity contribution >= 4 is 40.4 Å². The highest BCUT2D eigenvalue weighted by Crippen LogP contribution is 2.47. The molecule has 33 heavy (non-hydrogen) atoms. The molecule has 0 fully saturated rings. The molecule has 1 aliphatic carbocycles. The predicted octanol–water partition coefficient (Wildman–Crippen LogP) is 6.54. The molecule has 0 saturated heterocycles. The number of aromatic hydroxyl groups is 1. The van der Waals surface area contributed by atoms with Crippen LogP contribution in [0.3, 0.4) is 0 Å². The van der Waals surface area contributed by atoms with Gasteiger partial charge in [-0.05, 0) is 41.5 Å². The number of carbonyl (C=O) groups excluding carboxylic acids is 1. The zero-order valence-corrected chi connectivity index (χ0v) is 19.3. The molecule has 0 aromatic heterocycles. The standard InChI is InChI=1S/C26H22Cl2N2O3/c1-33-23-13-15(10-18(28)26(23)32)25-24-21(29-19-8-4-5-9-20(19)30-25)11-14(12-22(24)31)16-6-2-3-7-17(16)27/h2-11,13-14,24-25,29-30,32H,12H2,1H3. The Kier molecular flexibility index (Phi) is 5.69. The summed E-state index contributed by atoms with van der Waals surface area (Å²) in [7, 11) is 1.47. The Morgan fingerprint density at radius 1 is 1.00 bits per heavy atom. The molecule has 0 bridgehead atoms. The second kappa shape index (κ2) is 8.65. The van der Waals surface area contributed by atoms with E-state index >= 15 is 0 Å². The molecule has 5 nitrogen and oxygen atoms in total. The molecule has 3 aromatic carbocycles. The van der Waals surface area contributed by atoms with Crippen LogP contribution in [0.15, 0.2) is 72.4 Å². The average Bonchev–Trinajstić information content (AvgIpc) is 2.98. The summed E-state index contributed by atoms with van der Waals surface area (Å²) >= 11 is 12.8. The molecule has 0 saturated carbocycles. The van der Waals surface area contributed by atoms with Crippen LogP contribution in [-0.4, -0.2) is 18.0 Å². The van der Waals surface area contributed by atoms with Gasteiger partial charge in [-0.15, -0.1) is 0 Å². The minimum Gasteiger partial charge on any atom is -0.503 e. The second-order valence-corrected chi connectivity index (χ2v) is 9.06. The number of phenolic OH excluding ortho intramolecular Hbond substituents is 1. The Morgan fingerprint density at radius 3 is 2.48 bits per heavy atom. The van der Waals surface area contributed by atoms with E-state index in [2.05, 4.69) is 16.7 Å². The van der Waals surface area contributed by atoms with Gasteiger partial charge < -0.3 is 20.5 Å². The van der Waals surface area contributed by atoms with Crippen LogP contribution in [0.5, 0.6) is 11.5 Å². The molecule has 3 aromatic rings. The van der Waals surface area contributed by atoms with Gasteiger partial charge in [-0.25, -0.2) is 0 Å². The van der Waals surface area contributed by atoms with Crippen molar-refractivity contribution in [3.05, 3.63) is 93.6 Å². The van der Waals surface area contributed by atoms with Crippen LogP contribution in [0.2, 0.25) is 10.0 Å². The minimum absolute atomic E-state index is 0.0818. The van der Waals surface area contributed by atoms with Gasteiger partial charge in [0, 0.05) is 23.1 Å². The molecule has 5 rings (SSSR count). The maximum Gasteiger partial charge on any atom is 0.176 e. The lowest BCUT2D eigenvalue weighted by Gasteiger charge is -2.33. The van der Waals surface area contributed by atoms with Crippen LogP contribution >= 0.6 is 23.2 Å². The zero-order chi connectivity index (χ0) is 23.1. The van der Waals surface area contributed by atoms with Gasteiger partial charge in [0.25, 0.3) is 0 Å². The highest BCUT2D eigenvalue weighted by atomic mass is 35.5. The lowest BCUT2D eigenvalue weighted by Crippen LogP contribution is -2.34. The van der Waals surface area contributed by atoms with Crippen molar-refractivity contribution in [1.29, 1.82) is 0 Å². The fourth-order valence-electron chi connectivity index (χ4n) is 4.69. The first-order valence-corrected chi connectivity index (χ1v) is 11.4. The Morgan fingerprint density at radius 2 is 1.73 bits per heavy atom. The lowest BCUT2D eigenvalue weighted by atomic mass is 9.76. The van der Waals surface area contributed by atoms with E-state index in [0.717, 1.165) is 28.2 Å². The van der Waals surface area contributed by atoms with E-state index in [1.807, 2.05) is 48.5 Å². The van der Waals surface area contributed by atoms with E-state index in [4.69, 9.17) is 27.9 Å². The van der Waals surface area contributed by atoms with Crippen molar-refractivity contribution < 1.29 is 14.6 Å². The summed E-state index contributed by atoms with van der Waals surface area (Å²) in [6.07, 6.45) is 2.43. The molecule has 1 heterocycles. The van der Waals surface area contributed by atoms with E-state index in [9.17, 15) is 9.90 Å². The maximum atomic E-state index is 13.6. The highest BCUT2D eigenvalue weighted by Gasteiger charge is 2.40. The number of nitrogens with one attached hydrogen (secondary N) is 2. The summed E-state index contributed by atoms with van der Waals surface area (Å²) in [5, 5.41) is 18.0. The van der Waals surface area contributed by atoms with Crippen molar-refractivity contribution in [1.82, 2.24) is 0 Å². The number of para-hydroxylation sites is 2. The number of hydrogen-bond acceptors (Lipinski definition) is 5. The molecule has 3 unspecified atom stereocenters. The van der Waals surface area contributed by atoms with Gasteiger partial charge in [0.2, 0.25) is 0 Å². The number of rotatable bonds is 3. The third-order valence-electron chi connectivity index (χ3n) is 6.27. The molecule has 3 atom stereocenters. The molecule has 2 aliphatic rings. The second-order valence-electron chi connectivity index (χ2n) is 8.24. The van der Waals surface area contributed by atoms with Gasteiger partial charge in [0.05, 0.1) is 35.5 Å². The van der Waals surface area contributed by atoms with Gasteiger partial charge in [-0.1, -0.05) is 59.6 Å².